The van der Waals surface area contributed by atoms with Crippen LogP contribution in [-0.4, -0.2) is 72.3 Å². The molecule has 2 aliphatic heterocycles. The van der Waals surface area contributed by atoms with Gasteiger partial charge in [-0.3, -0.25) is 0 Å². The third-order valence-corrected chi connectivity index (χ3v) is 13.9. The first-order valence-corrected chi connectivity index (χ1v) is 21.6. The van der Waals surface area contributed by atoms with Crippen LogP contribution in [0.3, 0.4) is 0 Å². The van der Waals surface area contributed by atoms with Crippen LogP contribution in [0.4, 0.5) is 0 Å². The summed E-state index contributed by atoms with van der Waals surface area (Å²) in [6.07, 6.45) is 4.10. The minimum Gasteiger partial charge on any atom is -0.347 e. The average Bonchev–Trinajstić information content (AvgIpc) is 3.38. The van der Waals surface area contributed by atoms with Crippen LogP contribution < -0.4 is 0 Å². The number of benzene rings is 4. The van der Waals surface area contributed by atoms with Crippen molar-refractivity contribution in [1.82, 2.24) is 17.7 Å². The fourth-order valence-electron chi connectivity index (χ4n) is 8.81. The van der Waals surface area contributed by atoms with Crippen molar-refractivity contribution in [3.63, 3.8) is 0 Å². The van der Waals surface area contributed by atoms with Gasteiger partial charge in [0.05, 0.1) is 12.5 Å². The molecule has 4 atom stereocenters. The Bertz CT molecular complexity index is 2280. The second-order valence-corrected chi connectivity index (χ2v) is 18.4. The first-order valence-electron chi connectivity index (χ1n) is 17.9. The fraction of sp³-hybridized carbons (Fsp3) is 0.333. The molecule has 52 heavy (non-hydrogen) atoms. The van der Waals surface area contributed by atoms with Gasteiger partial charge in [0.15, 0.2) is 0 Å². The van der Waals surface area contributed by atoms with Crippen LogP contribution in [0.15, 0.2) is 109 Å². The summed E-state index contributed by atoms with van der Waals surface area (Å²) in [7, 11) is -2.36. The first-order chi connectivity index (χ1) is 24.8. The van der Waals surface area contributed by atoms with Crippen molar-refractivity contribution in [3.05, 3.63) is 143 Å². The summed E-state index contributed by atoms with van der Waals surface area (Å²) >= 11 is 0. The molecule has 2 aromatic heterocycles. The molecule has 0 radical (unpaired) electrons. The van der Waals surface area contributed by atoms with Crippen LogP contribution in [-0.2, 0) is 47.0 Å². The van der Waals surface area contributed by atoms with Gasteiger partial charge in [0.25, 0.3) is 0 Å². The van der Waals surface area contributed by atoms with Crippen LogP contribution >= 0.6 is 0 Å². The predicted molar refractivity (Wildman–Crippen MR) is 212 cm³/mol. The second kappa shape index (κ2) is 14.0. The minimum atomic E-state index is -3.28. The van der Waals surface area contributed by atoms with Gasteiger partial charge in [0.2, 0.25) is 20.0 Å². The highest BCUT2D eigenvalue weighted by Crippen LogP contribution is 2.40. The third-order valence-electron chi connectivity index (χ3n) is 11.1. The smallest absolute Gasteiger partial charge is 0.211 e. The number of hydrogen-bond acceptors (Lipinski definition) is 4. The van der Waals surface area contributed by atoms with E-state index in [9.17, 15) is 16.8 Å². The third kappa shape index (κ3) is 6.62. The normalized spacial score (nSPS) is 21.5. The van der Waals surface area contributed by atoms with Gasteiger partial charge in [0.1, 0.15) is 0 Å². The summed E-state index contributed by atoms with van der Waals surface area (Å²) in [6.45, 7) is 4.97. The van der Waals surface area contributed by atoms with Crippen LogP contribution in [0, 0.1) is 0 Å². The Kier molecular flexibility index (Phi) is 9.71. The highest BCUT2D eigenvalue weighted by atomic mass is 32.2. The molecule has 0 N–H and O–H groups in total. The topological polar surface area (TPSA) is 84.6 Å². The van der Waals surface area contributed by atoms with Crippen molar-refractivity contribution in [2.75, 3.05) is 25.6 Å². The van der Waals surface area contributed by atoms with Crippen molar-refractivity contribution in [2.24, 2.45) is 14.1 Å². The van der Waals surface area contributed by atoms with Gasteiger partial charge >= 0.3 is 0 Å². The number of para-hydroxylation sites is 2. The lowest BCUT2D eigenvalue weighted by Gasteiger charge is -2.28. The molecule has 2 aliphatic rings. The van der Waals surface area contributed by atoms with Crippen molar-refractivity contribution >= 4 is 41.9 Å². The average molecular weight is 737 g/mol. The van der Waals surface area contributed by atoms with Crippen molar-refractivity contribution in [1.29, 1.82) is 0 Å². The lowest BCUT2D eigenvalue weighted by molar-refractivity contribution is 0.337. The quantitative estimate of drug-likeness (QED) is 0.195. The molecule has 6 aromatic rings. The van der Waals surface area contributed by atoms with E-state index in [4.69, 9.17) is 0 Å². The molecule has 0 fully saturated rings. The Morgan fingerprint density at radius 1 is 0.500 bits per heavy atom. The van der Waals surface area contributed by atoms with Crippen molar-refractivity contribution in [3.8, 4) is 0 Å². The molecule has 0 unspecified atom stereocenters. The maximum Gasteiger partial charge on any atom is 0.211 e. The van der Waals surface area contributed by atoms with Gasteiger partial charge in [-0.15, -0.1) is 0 Å². The number of aryl methyl sites for hydroxylation is 2. The van der Waals surface area contributed by atoms with Gasteiger partial charge in [-0.2, -0.15) is 8.61 Å². The maximum atomic E-state index is 12.5. The molecule has 0 saturated heterocycles. The van der Waals surface area contributed by atoms with Gasteiger partial charge in [0, 0.05) is 84.3 Å². The van der Waals surface area contributed by atoms with E-state index in [-0.39, 0.29) is 23.9 Å². The van der Waals surface area contributed by atoms with E-state index in [2.05, 4.69) is 96.0 Å². The molecule has 4 heterocycles. The van der Waals surface area contributed by atoms with Gasteiger partial charge in [-0.1, -0.05) is 97.1 Å². The minimum absolute atomic E-state index is 0.0169. The molecule has 272 valence electrons. The maximum absolute atomic E-state index is 12.5. The molecule has 0 aliphatic carbocycles. The number of fused-ring (bicyclic) bond motifs is 6. The molecule has 8 rings (SSSR count). The molecular formula is C42H48N4O4S2. The van der Waals surface area contributed by atoms with Crippen molar-refractivity contribution in [2.45, 2.75) is 50.6 Å². The Balaban J connectivity index is 0.000000162. The van der Waals surface area contributed by atoms with Crippen LogP contribution in [0.25, 0.3) is 21.8 Å². The van der Waals surface area contributed by atoms with Gasteiger partial charge in [-0.05, 0) is 61.1 Å². The Morgan fingerprint density at radius 2 is 0.827 bits per heavy atom. The first kappa shape index (κ1) is 36.2. The zero-order valence-corrected chi connectivity index (χ0v) is 32.4. The van der Waals surface area contributed by atoms with Gasteiger partial charge in [-0.25, -0.2) is 16.8 Å². The largest absolute Gasteiger partial charge is 0.347 e. The number of nitrogens with zero attached hydrogens (tertiary/aromatic N) is 4. The number of hydrogen-bond donors (Lipinski definition) is 0. The van der Waals surface area contributed by atoms with Crippen LogP contribution in [0.2, 0.25) is 0 Å². The molecule has 10 heteroatoms. The highest BCUT2D eigenvalue weighted by Gasteiger charge is 2.37. The molecule has 0 amide bonds. The highest BCUT2D eigenvalue weighted by molar-refractivity contribution is 7.88. The lowest BCUT2D eigenvalue weighted by atomic mass is 9.92. The fourth-order valence-corrected chi connectivity index (χ4v) is 11.1. The zero-order valence-electron chi connectivity index (χ0n) is 30.8. The predicted octanol–water partition coefficient (Wildman–Crippen LogP) is 7.03. The van der Waals surface area contributed by atoms with E-state index >= 15 is 0 Å². The standard InChI is InChI=1S/2C21H24N2O2S/c2*1-15-13-18-17-11-7-8-12-20(17)22(2)21(18)19(14-23(15)26(3,24)25)16-9-5-4-6-10-16/h2*4-12,15,19H,13-14H2,1-3H3/t2*15-,19+/m11/s1. The van der Waals surface area contributed by atoms with E-state index < -0.39 is 20.0 Å². The van der Waals surface area contributed by atoms with E-state index in [0.29, 0.717) is 13.1 Å². The van der Waals surface area contributed by atoms with Crippen LogP contribution in [0.5, 0.6) is 0 Å². The zero-order chi connectivity index (χ0) is 36.9. The molecule has 0 spiro atoms. The van der Waals surface area contributed by atoms with Crippen molar-refractivity contribution < 1.29 is 16.8 Å². The Morgan fingerprint density at radius 3 is 1.17 bits per heavy atom. The summed E-state index contributed by atoms with van der Waals surface area (Å²) in [6, 6.07) is 37.2. The second-order valence-electron chi connectivity index (χ2n) is 14.6. The molecule has 4 aromatic carbocycles. The van der Waals surface area contributed by atoms with Gasteiger partial charge < -0.3 is 9.13 Å². The molecule has 0 bridgehead atoms. The summed E-state index contributed by atoms with van der Waals surface area (Å²) in [5.41, 5.74) is 9.73. The Labute approximate surface area is 308 Å². The van der Waals surface area contributed by atoms with E-state index in [1.165, 1.54) is 56.8 Å². The van der Waals surface area contributed by atoms with E-state index in [1.807, 2.05) is 50.2 Å². The van der Waals surface area contributed by atoms with E-state index in [1.54, 1.807) is 8.61 Å². The number of rotatable bonds is 4. The summed E-state index contributed by atoms with van der Waals surface area (Å²) in [5.74, 6) is 0.0338. The van der Waals surface area contributed by atoms with E-state index in [0.717, 1.165) is 24.0 Å². The monoisotopic (exact) mass is 736 g/mol. The lowest BCUT2D eigenvalue weighted by Crippen LogP contribution is -2.40. The molecule has 0 saturated carbocycles. The molecular weight excluding hydrogens is 689 g/mol. The summed E-state index contributed by atoms with van der Waals surface area (Å²) < 4.78 is 57.7. The summed E-state index contributed by atoms with van der Waals surface area (Å²) in [5, 5.41) is 2.46. The SMILES string of the molecule is C[C@@H]1Cc2c(n(C)c3ccccc23)[C@H](c2ccccc2)CN1S(C)(=O)=O.C[C@@H]1Cc2c(n(C)c3ccccc23)[C@H](c2ccccc2)CN1S(C)(=O)=O. The Hall–Kier alpha value is -4.22. The van der Waals surface area contributed by atoms with Crippen LogP contribution in [0.1, 0.15) is 59.3 Å². The number of sulfonamides is 2. The number of aromatic nitrogens is 2. The summed E-state index contributed by atoms with van der Waals surface area (Å²) in [4.78, 5) is 0. The molecule has 8 nitrogen and oxygen atoms in total.